The van der Waals surface area contributed by atoms with Gasteiger partial charge in [0.2, 0.25) is 0 Å². The largest absolute Gasteiger partial charge is 0.337 e. The van der Waals surface area contributed by atoms with E-state index in [1.165, 1.54) is 32.5 Å². The molecule has 2 saturated heterocycles. The van der Waals surface area contributed by atoms with Crippen LogP contribution in [0.2, 0.25) is 0 Å². The Morgan fingerprint density at radius 1 is 1.14 bits per heavy atom. The summed E-state index contributed by atoms with van der Waals surface area (Å²) < 4.78 is 0. The quantitative estimate of drug-likeness (QED) is 0.840. The first-order valence-corrected chi connectivity index (χ1v) is 8.07. The Labute approximate surface area is 125 Å². The molecule has 0 bridgehead atoms. The van der Waals surface area contributed by atoms with Gasteiger partial charge in [-0.2, -0.15) is 0 Å². The van der Waals surface area contributed by atoms with Crippen LogP contribution < -0.4 is 0 Å². The number of nitrogens with zero attached hydrogens (tertiary/aromatic N) is 4. The van der Waals surface area contributed by atoms with Gasteiger partial charge < -0.3 is 9.80 Å². The number of carbonyl (C=O) groups excluding carboxylic acids is 1. The van der Waals surface area contributed by atoms with E-state index in [1.807, 2.05) is 4.90 Å². The first-order chi connectivity index (χ1) is 10.3. The molecule has 4 rings (SSSR count). The minimum absolute atomic E-state index is 0.0437. The summed E-state index contributed by atoms with van der Waals surface area (Å²) in [5, 5.41) is 0. The molecule has 5 nitrogen and oxygen atoms in total. The highest BCUT2D eigenvalue weighted by atomic mass is 16.2. The van der Waals surface area contributed by atoms with E-state index in [4.69, 9.17) is 0 Å². The van der Waals surface area contributed by atoms with Gasteiger partial charge in [0.15, 0.2) is 0 Å². The molecule has 3 fully saturated rings. The van der Waals surface area contributed by atoms with Crippen LogP contribution in [0.25, 0.3) is 0 Å². The zero-order valence-electron chi connectivity index (χ0n) is 12.3. The number of amides is 1. The van der Waals surface area contributed by atoms with Crippen LogP contribution in [0.3, 0.4) is 0 Å². The highest BCUT2D eigenvalue weighted by Crippen LogP contribution is 2.35. The molecular weight excluding hydrogens is 264 g/mol. The fraction of sp³-hybridized carbons (Fsp3) is 0.688. The molecule has 0 N–H and O–H groups in total. The molecule has 3 aliphatic rings. The Bertz CT molecular complexity index is 516. The topological polar surface area (TPSA) is 49.3 Å². The van der Waals surface area contributed by atoms with Gasteiger partial charge in [-0.25, -0.2) is 4.98 Å². The molecule has 0 aromatic carbocycles. The molecule has 0 radical (unpaired) electrons. The number of fused-ring (bicyclic) bond motifs is 1. The molecule has 0 spiro atoms. The number of rotatable bonds is 3. The molecule has 21 heavy (non-hydrogen) atoms. The van der Waals surface area contributed by atoms with Crippen LogP contribution in [0.1, 0.15) is 29.8 Å². The third-order valence-corrected chi connectivity index (χ3v) is 5.16. The van der Waals surface area contributed by atoms with Crippen molar-refractivity contribution in [2.24, 2.45) is 17.8 Å². The molecule has 2 aliphatic heterocycles. The van der Waals surface area contributed by atoms with Gasteiger partial charge in [0.05, 0.1) is 6.20 Å². The van der Waals surface area contributed by atoms with Crippen LogP contribution >= 0.6 is 0 Å². The molecule has 2 atom stereocenters. The van der Waals surface area contributed by atoms with Gasteiger partial charge >= 0.3 is 0 Å². The number of hydrogen-bond acceptors (Lipinski definition) is 4. The van der Waals surface area contributed by atoms with Crippen LogP contribution in [0.5, 0.6) is 0 Å². The molecule has 1 aromatic rings. The second-order valence-corrected chi connectivity index (χ2v) is 6.81. The normalized spacial score (nSPS) is 29.4. The van der Waals surface area contributed by atoms with Gasteiger partial charge in [-0.15, -0.1) is 0 Å². The molecule has 112 valence electrons. The summed E-state index contributed by atoms with van der Waals surface area (Å²) in [6.45, 7) is 5.46. The average molecular weight is 286 g/mol. The van der Waals surface area contributed by atoms with Gasteiger partial charge in [-0.05, 0) is 37.0 Å². The van der Waals surface area contributed by atoms with Crippen LogP contribution in [0, 0.1) is 17.8 Å². The van der Waals surface area contributed by atoms with Crippen molar-refractivity contribution in [1.29, 1.82) is 0 Å². The lowest BCUT2D eigenvalue weighted by Gasteiger charge is -2.34. The van der Waals surface area contributed by atoms with E-state index < -0.39 is 0 Å². The Balaban J connectivity index is 1.38. The van der Waals surface area contributed by atoms with Crippen molar-refractivity contribution >= 4 is 5.91 Å². The summed E-state index contributed by atoms with van der Waals surface area (Å²) in [5.41, 5.74) is 0.476. The van der Waals surface area contributed by atoms with E-state index >= 15 is 0 Å². The number of hydrogen-bond donors (Lipinski definition) is 0. The Morgan fingerprint density at radius 3 is 2.76 bits per heavy atom. The maximum absolute atomic E-state index is 12.5. The third-order valence-electron chi connectivity index (χ3n) is 5.16. The first kappa shape index (κ1) is 13.2. The summed E-state index contributed by atoms with van der Waals surface area (Å²) in [5.74, 6) is 2.44. The third kappa shape index (κ3) is 2.79. The molecular formula is C16H22N4O. The van der Waals surface area contributed by atoms with Gasteiger partial charge in [0.25, 0.3) is 5.91 Å². The van der Waals surface area contributed by atoms with Crippen molar-refractivity contribution in [3.8, 4) is 0 Å². The maximum atomic E-state index is 12.5. The summed E-state index contributed by atoms with van der Waals surface area (Å²) in [7, 11) is 0. The number of piperidine rings is 1. The monoisotopic (exact) mass is 286 g/mol. The van der Waals surface area contributed by atoms with E-state index in [0.717, 1.165) is 31.3 Å². The summed E-state index contributed by atoms with van der Waals surface area (Å²) in [4.78, 5) is 25.2. The molecule has 1 saturated carbocycles. The van der Waals surface area contributed by atoms with E-state index in [-0.39, 0.29) is 5.91 Å². The van der Waals surface area contributed by atoms with E-state index in [2.05, 4.69) is 14.9 Å². The lowest BCUT2D eigenvalue weighted by Crippen LogP contribution is -2.43. The van der Waals surface area contributed by atoms with Crippen molar-refractivity contribution in [3.05, 3.63) is 24.3 Å². The fourth-order valence-corrected chi connectivity index (χ4v) is 3.84. The summed E-state index contributed by atoms with van der Waals surface area (Å²) in [6.07, 6.45) is 8.75. The number of likely N-dealkylation sites (tertiary alicyclic amines) is 2. The highest BCUT2D eigenvalue weighted by molar-refractivity contribution is 5.92. The second-order valence-electron chi connectivity index (χ2n) is 6.81. The molecule has 1 amide bonds. The van der Waals surface area contributed by atoms with Crippen molar-refractivity contribution in [2.75, 3.05) is 32.7 Å². The molecule has 5 heteroatoms. The van der Waals surface area contributed by atoms with Gasteiger partial charge in [-0.3, -0.25) is 9.78 Å². The Morgan fingerprint density at radius 2 is 2.00 bits per heavy atom. The van der Waals surface area contributed by atoms with Crippen molar-refractivity contribution in [3.63, 3.8) is 0 Å². The standard InChI is InChI=1S/C16H22N4O/c21-16(15-7-17-4-5-18-15)20-6-3-13-9-19(8-12-1-2-12)10-14(13)11-20/h4-5,7,12-14H,1-3,6,8-11H2/t13-,14-/m1/s1. The fourth-order valence-electron chi connectivity index (χ4n) is 3.84. The summed E-state index contributed by atoms with van der Waals surface area (Å²) >= 11 is 0. The number of aromatic nitrogens is 2. The molecule has 0 unspecified atom stereocenters. The zero-order chi connectivity index (χ0) is 14.2. The van der Waals surface area contributed by atoms with Gasteiger partial charge in [-0.1, -0.05) is 0 Å². The van der Waals surface area contributed by atoms with Gasteiger partial charge in [0.1, 0.15) is 5.69 Å². The smallest absolute Gasteiger partial charge is 0.274 e. The Hall–Kier alpha value is -1.49. The second kappa shape index (κ2) is 5.37. The minimum Gasteiger partial charge on any atom is -0.337 e. The van der Waals surface area contributed by atoms with E-state index in [1.54, 1.807) is 18.6 Å². The molecule has 1 aliphatic carbocycles. The number of carbonyl (C=O) groups is 1. The molecule has 3 heterocycles. The highest BCUT2D eigenvalue weighted by Gasteiger charge is 2.39. The average Bonchev–Trinajstić information content (AvgIpc) is 3.24. The van der Waals surface area contributed by atoms with E-state index in [0.29, 0.717) is 11.6 Å². The molecule has 1 aromatic heterocycles. The summed E-state index contributed by atoms with van der Waals surface area (Å²) in [6, 6.07) is 0. The predicted octanol–water partition coefficient (Wildman–Crippen LogP) is 1.28. The zero-order valence-corrected chi connectivity index (χ0v) is 12.3. The van der Waals surface area contributed by atoms with Crippen molar-refractivity contribution < 1.29 is 4.79 Å². The Kier molecular flexibility index (Phi) is 3.37. The minimum atomic E-state index is 0.0437. The maximum Gasteiger partial charge on any atom is 0.274 e. The van der Waals surface area contributed by atoms with Gasteiger partial charge in [0, 0.05) is 45.1 Å². The van der Waals surface area contributed by atoms with Crippen molar-refractivity contribution in [1.82, 2.24) is 19.8 Å². The van der Waals surface area contributed by atoms with Crippen LogP contribution in [0.4, 0.5) is 0 Å². The van der Waals surface area contributed by atoms with Crippen LogP contribution in [-0.2, 0) is 0 Å². The van der Waals surface area contributed by atoms with Crippen LogP contribution in [-0.4, -0.2) is 58.4 Å². The van der Waals surface area contributed by atoms with Crippen LogP contribution in [0.15, 0.2) is 18.6 Å². The van der Waals surface area contributed by atoms with Crippen molar-refractivity contribution in [2.45, 2.75) is 19.3 Å². The van der Waals surface area contributed by atoms with E-state index in [9.17, 15) is 4.79 Å². The lowest BCUT2D eigenvalue weighted by molar-refractivity contribution is 0.0635. The lowest BCUT2D eigenvalue weighted by atomic mass is 9.88. The predicted molar refractivity (Wildman–Crippen MR) is 78.7 cm³/mol. The first-order valence-electron chi connectivity index (χ1n) is 8.07. The SMILES string of the molecule is O=C(c1cnccn1)N1CC[C@@H]2CN(CC3CC3)C[C@@H]2C1.